The Morgan fingerprint density at radius 3 is 2.53 bits per heavy atom. The van der Waals surface area contributed by atoms with Gasteiger partial charge in [-0.25, -0.2) is 0 Å². The quantitative estimate of drug-likeness (QED) is 0.789. The molecule has 4 heteroatoms. The van der Waals surface area contributed by atoms with Gasteiger partial charge in [0.2, 0.25) is 0 Å². The van der Waals surface area contributed by atoms with Gasteiger partial charge < -0.3 is 15.2 Å². The second kappa shape index (κ2) is 4.20. The third-order valence-electron chi connectivity index (χ3n) is 3.49. The highest BCUT2D eigenvalue weighted by atomic mass is 16.5. The van der Waals surface area contributed by atoms with E-state index in [1.165, 1.54) is 0 Å². The summed E-state index contributed by atoms with van der Waals surface area (Å²) in [4.78, 5) is 2.42. The molecule has 17 heavy (non-hydrogen) atoms. The summed E-state index contributed by atoms with van der Waals surface area (Å²) in [6, 6.07) is 7.54. The molecule has 0 saturated carbocycles. The first-order chi connectivity index (χ1) is 8.26. The van der Waals surface area contributed by atoms with Crippen molar-refractivity contribution in [1.82, 2.24) is 4.90 Å². The lowest BCUT2D eigenvalue weighted by molar-refractivity contribution is -0.189. The Balaban J connectivity index is 1.37. The number of ether oxygens (including phenoxy) is 2. The predicted octanol–water partition coefficient (Wildman–Crippen LogP) is 0.980. The largest absolute Gasteiger partial charge is 0.492 e. The van der Waals surface area contributed by atoms with Crippen molar-refractivity contribution in [2.24, 2.45) is 5.41 Å². The first kappa shape index (κ1) is 10.9. The fraction of sp³-hybridized carbons (Fsp3) is 0.538. The molecular weight excluding hydrogens is 216 g/mol. The van der Waals surface area contributed by atoms with Crippen molar-refractivity contribution < 1.29 is 9.47 Å². The van der Waals surface area contributed by atoms with E-state index in [-0.39, 0.29) is 0 Å². The van der Waals surface area contributed by atoms with Crippen LogP contribution in [-0.4, -0.2) is 44.4 Å². The highest BCUT2D eigenvalue weighted by Gasteiger charge is 2.48. The van der Waals surface area contributed by atoms with Crippen molar-refractivity contribution in [3.63, 3.8) is 0 Å². The fourth-order valence-electron chi connectivity index (χ4n) is 2.49. The minimum atomic E-state index is 0.501. The Morgan fingerprint density at radius 1 is 1.24 bits per heavy atom. The van der Waals surface area contributed by atoms with Crippen molar-refractivity contribution >= 4 is 5.69 Å². The van der Waals surface area contributed by atoms with Crippen molar-refractivity contribution in [3.8, 4) is 5.75 Å². The van der Waals surface area contributed by atoms with E-state index in [0.29, 0.717) is 5.41 Å². The second-order valence-electron chi connectivity index (χ2n) is 5.12. The van der Waals surface area contributed by atoms with E-state index in [1.807, 2.05) is 24.3 Å². The molecule has 2 aliphatic heterocycles. The van der Waals surface area contributed by atoms with Gasteiger partial charge in [0.15, 0.2) is 0 Å². The van der Waals surface area contributed by atoms with E-state index in [4.69, 9.17) is 15.2 Å². The second-order valence-corrected chi connectivity index (χ2v) is 5.12. The van der Waals surface area contributed by atoms with Gasteiger partial charge in [0.25, 0.3) is 0 Å². The number of nitrogens with zero attached hydrogens (tertiary/aromatic N) is 1. The number of hydrogen-bond donors (Lipinski definition) is 1. The molecule has 1 aromatic rings. The number of benzene rings is 1. The van der Waals surface area contributed by atoms with E-state index >= 15 is 0 Å². The predicted molar refractivity (Wildman–Crippen MR) is 66.0 cm³/mol. The van der Waals surface area contributed by atoms with Gasteiger partial charge >= 0.3 is 0 Å². The summed E-state index contributed by atoms with van der Waals surface area (Å²) in [6.45, 7) is 5.95. The van der Waals surface area contributed by atoms with Crippen molar-refractivity contribution in [2.75, 3.05) is 45.2 Å². The van der Waals surface area contributed by atoms with Crippen LogP contribution in [0.5, 0.6) is 5.75 Å². The molecular formula is C13H18N2O2. The number of hydrogen-bond acceptors (Lipinski definition) is 4. The number of nitrogen functional groups attached to an aromatic ring is 1. The summed E-state index contributed by atoms with van der Waals surface area (Å²) in [5, 5.41) is 0. The van der Waals surface area contributed by atoms with Gasteiger partial charge in [0.1, 0.15) is 12.4 Å². The summed E-state index contributed by atoms with van der Waals surface area (Å²) < 4.78 is 10.9. The van der Waals surface area contributed by atoms with Crippen molar-refractivity contribution in [2.45, 2.75) is 0 Å². The molecule has 4 nitrogen and oxygen atoms in total. The topological polar surface area (TPSA) is 47.7 Å². The Labute approximate surface area is 101 Å². The first-order valence-electron chi connectivity index (χ1n) is 6.04. The molecule has 2 saturated heterocycles. The van der Waals surface area contributed by atoms with Gasteiger partial charge in [-0.05, 0) is 24.3 Å². The molecule has 0 bridgehead atoms. The maximum Gasteiger partial charge on any atom is 0.119 e. The highest BCUT2D eigenvalue weighted by molar-refractivity contribution is 5.41. The van der Waals surface area contributed by atoms with Gasteiger partial charge in [0.05, 0.1) is 13.2 Å². The lowest BCUT2D eigenvalue weighted by Gasteiger charge is -2.55. The number of anilines is 1. The van der Waals surface area contributed by atoms with Gasteiger partial charge in [-0.2, -0.15) is 0 Å². The summed E-state index contributed by atoms with van der Waals surface area (Å²) in [5.41, 5.74) is 6.88. The smallest absolute Gasteiger partial charge is 0.119 e. The average Bonchev–Trinajstić information content (AvgIpc) is 2.21. The van der Waals surface area contributed by atoms with E-state index < -0.39 is 0 Å². The normalized spacial score (nSPS) is 21.9. The molecule has 2 aliphatic rings. The third-order valence-corrected chi connectivity index (χ3v) is 3.49. The summed E-state index contributed by atoms with van der Waals surface area (Å²) in [7, 11) is 0. The molecule has 92 valence electrons. The molecule has 0 aliphatic carbocycles. The Kier molecular flexibility index (Phi) is 2.68. The molecule has 0 unspecified atom stereocenters. The number of rotatable bonds is 4. The standard InChI is InChI=1S/C13H18N2O2/c14-11-1-3-12(4-2-11)17-6-5-15-7-13(8-15)9-16-10-13/h1-4H,5-10,14H2. The fourth-order valence-corrected chi connectivity index (χ4v) is 2.49. The molecule has 3 rings (SSSR count). The zero-order valence-corrected chi connectivity index (χ0v) is 9.89. The molecule has 1 spiro atoms. The number of likely N-dealkylation sites (tertiary alicyclic amines) is 1. The van der Waals surface area contributed by atoms with Gasteiger partial charge in [-0.3, -0.25) is 4.90 Å². The molecule has 2 N–H and O–H groups in total. The number of nitrogens with two attached hydrogens (primary N) is 1. The van der Waals surface area contributed by atoms with Crippen molar-refractivity contribution in [3.05, 3.63) is 24.3 Å². The summed E-state index contributed by atoms with van der Waals surface area (Å²) >= 11 is 0. The van der Waals surface area contributed by atoms with Gasteiger partial charge in [-0.15, -0.1) is 0 Å². The van der Waals surface area contributed by atoms with E-state index in [0.717, 1.165) is 50.9 Å². The minimum absolute atomic E-state index is 0.501. The van der Waals surface area contributed by atoms with Crippen LogP contribution in [0.2, 0.25) is 0 Å². The SMILES string of the molecule is Nc1ccc(OCCN2CC3(COC3)C2)cc1. The van der Waals surface area contributed by atoms with Crippen molar-refractivity contribution in [1.29, 1.82) is 0 Å². The maximum absolute atomic E-state index is 5.66. The van der Waals surface area contributed by atoms with Crippen LogP contribution in [0.4, 0.5) is 5.69 Å². The summed E-state index contributed by atoms with van der Waals surface area (Å²) in [5.74, 6) is 0.890. The molecule has 0 amide bonds. The third kappa shape index (κ3) is 2.23. The van der Waals surface area contributed by atoms with Crippen LogP contribution in [0.3, 0.4) is 0 Å². The van der Waals surface area contributed by atoms with E-state index in [2.05, 4.69) is 4.90 Å². The first-order valence-corrected chi connectivity index (χ1v) is 6.04. The molecule has 0 aromatic heterocycles. The highest BCUT2D eigenvalue weighted by Crippen LogP contribution is 2.37. The van der Waals surface area contributed by atoms with Gasteiger partial charge in [-0.1, -0.05) is 0 Å². The monoisotopic (exact) mass is 234 g/mol. The maximum atomic E-state index is 5.66. The molecule has 2 heterocycles. The summed E-state index contributed by atoms with van der Waals surface area (Å²) in [6.07, 6.45) is 0. The zero-order valence-electron chi connectivity index (χ0n) is 9.89. The Bertz CT molecular complexity index is 379. The van der Waals surface area contributed by atoms with Crippen LogP contribution in [0.25, 0.3) is 0 Å². The molecule has 2 fully saturated rings. The van der Waals surface area contributed by atoms with Gasteiger partial charge in [0, 0.05) is 30.7 Å². The van der Waals surface area contributed by atoms with E-state index in [1.54, 1.807) is 0 Å². The van der Waals surface area contributed by atoms with Crippen LogP contribution >= 0.6 is 0 Å². The van der Waals surface area contributed by atoms with Crippen LogP contribution in [0.15, 0.2) is 24.3 Å². The lowest BCUT2D eigenvalue weighted by atomic mass is 9.78. The molecule has 0 atom stereocenters. The Hall–Kier alpha value is -1.26. The van der Waals surface area contributed by atoms with Crippen LogP contribution in [0, 0.1) is 5.41 Å². The zero-order chi connectivity index (χ0) is 11.7. The lowest BCUT2D eigenvalue weighted by Crippen LogP contribution is -2.66. The minimum Gasteiger partial charge on any atom is -0.492 e. The van der Waals surface area contributed by atoms with Crippen LogP contribution < -0.4 is 10.5 Å². The van der Waals surface area contributed by atoms with Crippen LogP contribution in [0.1, 0.15) is 0 Å². The molecule has 0 radical (unpaired) electrons. The van der Waals surface area contributed by atoms with E-state index in [9.17, 15) is 0 Å². The average molecular weight is 234 g/mol. The van der Waals surface area contributed by atoms with Crippen LogP contribution in [-0.2, 0) is 4.74 Å². The molecule has 1 aromatic carbocycles. The Morgan fingerprint density at radius 2 is 1.94 bits per heavy atom.